The normalized spacial score (nSPS) is 21.3. The summed E-state index contributed by atoms with van der Waals surface area (Å²) < 4.78 is 26.0. The Bertz CT molecular complexity index is 952. The fraction of sp³-hybridized carbons (Fsp3) is 0.150. The van der Waals surface area contributed by atoms with Gasteiger partial charge in [-0.2, -0.15) is 5.10 Å². The number of hydrogen-bond acceptors (Lipinski definition) is 4. The van der Waals surface area contributed by atoms with E-state index in [1.165, 1.54) is 6.07 Å². The van der Waals surface area contributed by atoms with Crippen molar-refractivity contribution in [2.75, 3.05) is 0 Å². The Labute approximate surface area is 144 Å². The third-order valence-electron chi connectivity index (χ3n) is 4.68. The Balaban J connectivity index is 1.63. The Kier molecular flexibility index (Phi) is 3.13. The molecule has 124 valence electrons. The van der Waals surface area contributed by atoms with E-state index >= 15 is 0 Å². The largest absolute Gasteiger partial charge is 0.464 e. The summed E-state index contributed by atoms with van der Waals surface area (Å²) in [6.45, 7) is 0. The van der Waals surface area contributed by atoms with E-state index in [1.54, 1.807) is 18.4 Å². The van der Waals surface area contributed by atoms with E-state index in [9.17, 15) is 4.39 Å². The van der Waals surface area contributed by atoms with Gasteiger partial charge in [0.25, 0.3) is 0 Å². The molecule has 5 heteroatoms. The molecule has 0 fully saturated rings. The van der Waals surface area contributed by atoms with Crippen LogP contribution in [0.4, 0.5) is 4.39 Å². The fourth-order valence-electron chi connectivity index (χ4n) is 3.51. The van der Waals surface area contributed by atoms with Gasteiger partial charge in [-0.25, -0.2) is 9.40 Å². The van der Waals surface area contributed by atoms with E-state index in [0.29, 0.717) is 12.0 Å². The van der Waals surface area contributed by atoms with E-state index in [1.807, 2.05) is 47.5 Å². The highest BCUT2D eigenvalue weighted by Crippen LogP contribution is 2.47. The van der Waals surface area contributed by atoms with Crippen LogP contribution in [0.5, 0.6) is 5.75 Å². The molecule has 2 aliphatic heterocycles. The van der Waals surface area contributed by atoms with Crippen LogP contribution in [0.15, 0.2) is 76.4 Å². The standard InChI is InChI=1S/C20H15FN2O2/c21-15-8-3-1-6-13(15)20-23-17(14-7-2-4-9-18(14)25-20)12-16(22-23)19-10-5-11-24-19/h1-11,17,20H,12H2. The summed E-state index contributed by atoms with van der Waals surface area (Å²) in [5.41, 5.74) is 2.38. The first-order valence-corrected chi connectivity index (χ1v) is 8.21. The maximum Gasteiger partial charge on any atom is 0.216 e. The number of halogens is 1. The minimum absolute atomic E-state index is 0.00495. The molecule has 3 heterocycles. The molecule has 2 aliphatic rings. The monoisotopic (exact) mass is 334 g/mol. The topological polar surface area (TPSA) is 38.0 Å². The van der Waals surface area contributed by atoms with Gasteiger partial charge in [0.1, 0.15) is 23.0 Å². The molecule has 0 N–H and O–H groups in total. The maximum absolute atomic E-state index is 14.4. The first-order valence-electron chi connectivity index (χ1n) is 8.21. The average molecular weight is 334 g/mol. The zero-order valence-corrected chi connectivity index (χ0v) is 13.3. The molecular weight excluding hydrogens is 319 g/mol. The number of benzene rings is 2. The second-order valence-corrected chi connectivity index (χ2v) is 6.15. The van der Waals surface area contributed by atoms with Gasteiger partial charge in [-0.15, -0.1) is 0 Å². The molecule has 2 atom stereocenters. The number of furan rings is 1. The lowest BCUT2D eigenvalue weighted by Gasteiger charge is -2.38. The highest BCUT2D eigenvalue weighted by Gasteiger charge is 2.42. The maximum atomic E-state index is 14.4. The quantitative estimate of drug-likeness (QED) is 0.684. The molecule has 0 saturated carbocycles. The predicted octanol–water partition coefficient (Wildman–Crippen LogP) is 4.66. The van der Waals surface area contributed by atoms with Crippen molar-refractivity contribution in [1.29, 1.82) is 0 Å². The lowest BCUT2D eigenvalue weighted by Crippen LogP contribution is -2.34. The Hall–Kier alpha value is -3.08. The van der Waals surface area contributed by atoms with Gasteiger partial charge in [-0.05, 0) is 24.3 Å². The molecule has 0 aliphatic carbocycles. The van der Waals surface area contributed by atoms with Crippen LogP contribution in [0, 0.1) is 5.82 Å². The molecule has 2 unspecified atom stereocenters. The minimum atomic E-state index is -0.603. The van der Waals surface area contributed by atoms with Gasteiger partial charge in [0.15, 0.2) is 0 Å². The van der Waals surface area contributed by atoms with Crippen molar-refractivity contribution in [1.82, 2.24) is 5.01 Å². The van der Waals surface area contributed by atoms with Crippen LogP contribution in [0.1, 0.15) is 35.6 Å². The second-order valence-electron chi connectivity index (χ2n) is 6.15. The van der Waals surface area contributed by atoms with Crippen LogP contribution in [0.3, 0.4) is 0 Å². The van der Waals surface area contributed by atoms with Crippen molar-refractivity contribution in [3.63, 3.8) is 0 Å². The molecular formula is C20H15FN2O2. The Morgan fingerprint density at radius 3 is 2.56 bits per heavy atom. The number of hydrazone groups is 1. The Morgan fingerprint density at radius 2 is 1.76 bits per heavy atom. The first-order chi connectivity index (χ1) is 12.3. The van der Waals surface area contributed by atoms with Crippen molar-refractivity contribution in [3.8, 4) is 5.75 Å². The number of fused-ring (bicyclic) bond motifs is 3. The van der Waals surface area contributed by atoms with Crippen LogP contribution < -0.4 is 4.74 Å². The molecule has 0 saturated heterocycles. The molecule has 0 spiro atoms. The van der Waals surface area contributed by atoms with Gasteiger partial charge in [-0.3, -0.25) is 0 Å². The third kappa shape index (κ3) is 2.23. The number of ether oxygens (including phenoxy) is 1. The molecule has 0 radical (unpaired) electrons. The summed E-state index contributed by atoms with van der Waals surface area (Å²) in [4.78, 5) is 0. The van der Waals surface area contributed by atoms with Crippen LogP contribution in [0.2, 0.25) is 0 Å². The minimum Gasteiger partial charge on any atom is -0.464 e. The van der Waals surface area contributed by atoms with Crippen molar-refractivity contribution < 1.29 is 13.5 Å². The van der Waals surface area contributed by atoms with E-state index < -0.39 is 6.23 Å². The third-order valence-corrected chi connectivity index (χ3v) is 4.68. The summed E-state index contributed by atoms with van der Waals surface area (Å²) in [7, 11) is 0. The second kappa shape index (κ2) is 5.48. The zero-order valence-electron chi connectivity index (χ0n) is 13.3. The molecule has 0 bridgehead atoms. The van der Waals surface area contributed by atoms with Crippen LogP contribution in [0.25, 0.3) is 0 Å². The Morgan fingerprint density at radius 1 is 0.960 bits per heavy atom. The van der Waals surface area contributed by atoms with Gasteiger partial charge in [-0.1, -0.05) is 36.4 Å². The summed E-state index contributed by atoms with van der Waals surface area (Å²) in [6, 6.07) is 18.3. The average Bonchev–Trinajstić information content (AvgIpc) is 3.31. The molecule has 25 heavy (non-hydrogen) atoms. The van der Waals surface area contributed by atoms with Gasteiger partial charge >= 0.3 is 0 Å². The molecule has 3 aromatic rings. The first kappa shape index (κ1) is 14.3. The van der Waals surface area contributed by atoms with E-state index in [0.717, 1.165) is 22.8 Å². The van der Waals surface area contributed by atoms with Gasteiger partial charge in [0.2, 0.25) is 6.23 Å². The van der Waals surface area contributed by atoms with Gasteiger partial charge in [0, 0.05) is 12.0 Å². The smallest absolute Gasteiger partial charge is 0.216 e. The molecule has 5 rings (SSSR count). The SMILES string of the molecule is Fc1ccccc1C1Oc2ccccc2C2CC(c3ccco3)=NN21. The number of nitrogens with zero attached hydrogens (tertiary/aromatic N) is 2. The van der Waals surface area contributed by atoms with E-state index in [2.05, 4.69) is 0 Å². The van der Waals surface area contributed by atoms with Crippen molar-refractivity contribution in [2.24, 2.45) is 5.10 Å². The predicted molar refractivity (Wildman–Crippen MR) is 90.7 cm³/mol. The summed E-state index contributed by atoms with van der Waals surface area (Å²) >= 11 is 0. The van der Waals surface area contributed by atoms with Crippen LogP contribution >= 0.6 is 0 Å². The summed E-state index contributed by atoms with van der Waals surface area (Å²) in [5.74, 6) is 1.21. The molecule has 4 nitrogen and oxygen atoms in total. The number of rotatable bonds is 2. The van der Waals surface area contributed by atoms with E-state index in [-0.39, 0.29) is 11.9 Å². The number of hydrogen-bond donors (Lipinski definition) is 0. The molecule has 2 aromatic carbocycles. The summed E-state index contributed by atoms with van der Waals surface area (Å²) in [5, 5.41) is 6.56. The lowest BCUT2D eigenvalue weighted by atomic mass is 9.97. The van der Waals surface area contributed by atoms with Gasteiger partial charge in [0.05, 0.1) is 17.9 Å². The summed E-state index contributed by atoms with van der Waals surface area (Å²) in [6.07, 6.45) is 1.72. The lowest BCUT2D eigenvalue weighted by molar-refractivity contribution is -0.0212. The molecule has 0 amide bonds. The number of para-hydroxylation sites is 1. The van der Waals surface area contributed by atoms with Crippen molar-refractivity contribution in [3.05, 3.63) is 89.6 Å². The molecule has 1 aromatic heterocycles. The van der Waals surface area contributed by atoms with Crippen molar-refractivity contribution in [2.45, 2.75) is 18.7 Å². The van der Waals surface area contributed by atoms with Crippen LogP contribution in [-0.4, -0.2) is 10.7 Å². The van der Waals surface area contributed by atoms with Crippen LogP contribution in [-0.2, 0) is 0 Å². The van der Waals surface area contributed by atoms with E-state index in [4.69, 9.17) is 14.3 Å². The van der Waals surface area contributed by atoms with Crippen molar-refractivity contribution >= 4 is 5.71 Å². The van der Waals surface area contributed by atoms with Gasteiger partial charge < -0.3 is 9.15 Å². The fourth-order valence-corrected chi connectivity index (χ4v) is 3.51. The highest BCUT2D eigenvalue weighted by atomic mass is 19.1. The zero-order chi connectivity index (χ0) is 16.8. The highest BCUT2D eigenvalue weighted by molar-refractivity contribution is 5.99.